The summed E-state index contributed by atoms with van der Waals surface area (Å²) in [4.78, 5) is 4.12. The predicted octanol–water partition coefficient (Wildman–Crippen LogP) is 3.52. The van der Waals surface area contributed by atoms with Crippen LogP contribution in [0.4, 0.5) is 0 Å². The monoisotopic (exact) mass is 280 g/mol. The lowest BCUT2D eigenvalue weighted by molar-refractivity contribution is 0.157. The van der Waals surface area contributed by atoms with Gasteiger partial charge in [0.15, 0.2) is 0 Å². The zero-order valence-corrected chi connectivity index (χ0v) is 13.4. The molecule has 2 rings (SSSR count). The van der Waals surface area contributed by atoms with Gasteiger partial charge >= 0.3 is 0 Å². The van der Waals surface area contributed by atoms with E-state index in [4.69, 9.17) is 0 Å². The van der Waals surface area contributed by atoms with E-state index in [0.29, 0.717) is 6.04 Å². The third-order valence-corrected chi connectivity index (χ3v) is 5.46. The van der Waals surface area contributed by atoms with Gasteiger partial charge in [0.05, 0.1) is 0 Å². The molecule has 0 aliphatic carbocycles. The van der Waals surface area contributed by atoms with Crippen LogP contribution in [-0.2, 0) is 13.0 Å². The van der Waals surface area contributed by atoms with Gasteiger partial charge in [-0.3, -0.25) is 0 Å². The Morgan fingerprint density at radius 3 is 3.05 bits per heavy atom. The van der Waals surface area contributed by atoms with Crippen LogP contribution in [0.1, 0.15) is 44.1 Å². The van der Waals surface area contributed by atoms with Crippen molar-refractivity contribution in [2.75, 3.05) is 19.6 Å². The summed E-state index contributed by atoms with van der Waals surface area (Å²) in [5, 5.41) is 5.98. The molecule has 1 saturated heterocycles. The van der Waals surface area contributed by atoms with E-state index in [1.807, 2.05) is 11.3 Å². The van der Waals surface area contributed by atoms with Crippen molar-refractivity contribution in [1.29, 1.82) is 0 Å². The molecule has 0 amide bonds. The molecule has 1 fully saturated rings. The lowest BCUT2D eigenvalue weighted by atomic mass is 9.91. The average molecular weight is 280 g/mol. The molecular weight excluding hydrogens is 252 g/mol. The van der Waals surface area contributed by atoms with Crippen LogP contribution in [0.3, 0.4) is 0 Å². The molecule has 0 spiro atoms. The molecule has 2 unspecified atom stereocenters. The predicted molar refractivity (Wildman–Crippen MR) is 84.8 cm³/mol. The molecule has 0 saturated carbocycles. The number of rotatable bonds is 6. The number of hydrogen-bond donors (Lipinski definition) is 1. The molecule has 0 aromatic carbocycles. The van der Waals surface area contributed by atoms with Crippen molar-refractivity contribution >= 4 is 11.3 Å². The molecule has 2 heterocycles. The minimum absolute atomic E-state index is 0.626. The maximum Gasteiger partial charge on any atom is 0.0305 e. The highest BCUT2D eigenvalue weighted by molar-refractivity contribution is 7.10. The summed E-state index contributed by atoms with van der Waals surface area (Å²) in [6.07, 6.45) is 3.90. The Labute approximate surface area is 122 Å². The Bertz CT molecular complexity index is 375. The van der Waals surface area contributed by atoms with Gasteiger partial charge in [-0.25, -0.2) is 0 Å². The summed E-state index contributed by atoms with van der Waals surface area (Å²) >= 11 is 1.89. The van der Waals surface area contributed by atoms with Crippen LogP contribution in [0.25, 0.3) is 0 Å². The Morgan fingerprint density at radius 1 is 1.47 bits per heavy atom. The topological polar surface area (TPSA) is 15.3 Å². The standard InChI is InChI=1S/C16H28N2S/c1-4-14-8-10-19-16(14)11-17-13(3)15-7-6-9-18(5-2)12-15/h8,10,13,15,17H,4-7,9,11-12H2,1-3H3. The second-order valence-electron chi connectivity index (χ2n) is 5.69. The van der Waals surface area contributed by atoms with Gasteiger partial charge in [-0.05, 0) is 62.2 Å². The molecule has 1 aromatic heterocycles. The SMILES string of the molecule is CCc1ccsc1CNC(C)C1CCCN(CC)C1. The lowest BCUT2D eigenvalue weighted by Gasteiger charge is -2.35. The van der Waals surface area contributed by atoms with Crippen LogP contribution in [-0.4, -0.2) is 30.6 Å². The molecule has 19 heavy (non-hydrogen) atoms. The van der Waals surface area contributed by atoms with E-state index in [0.717, 1.165) is 18.9 Å². The first-order chi connectivity index (χ1) is 9.24. The zero-order valence-electron chi connectivity index (χ0n) is 12.6. The highest BCUT2D eigenvalue weighted by Crippen LogP contribution is 2.21. The van der Waals surface area contributed by atoms with Crippen LogP contribution in [0.5, 0.6) is 0 Å². The Kier molecular flexibility index (Phi) is 5.86. The van der Waals surface area contributed by atoms with Crippen molar-refractivity contribution in [3.05, 3.63) is 21.9 Å². The molecule has 2 atom stereocenters. The van der Waals surface area contributed by atoms with E-state index >= 15 is 0 Å². The summed E-state index contributed by atoms with van der Waals surface area (Å²) in [5.74, 6) is 0.818. The third kappa shape index (κ3) is 4.04. The maximum atomic E-state index is 3.76. The van der Waals surface area contributed by atoms with E-state index in [1.54, 1.807) is 0 Å². The van der Waals surface area contributed by atoms with Gasteiger partial charge in [-0.1, -0.05) is 13.8 Å². The van der Waals surface area contributed by atoms with Crippen molar-refractivity contribution < 1.29 is 0 Å². The van der Waals surface area contributed by atoms with Crippen molar-refractivity contribution in [3.63, 3.8) is 0 Å². The Balaban J connectivity index is 1.82. The van der Waals surface area contributed by atoms with Gasteiger partial charge in [0.2, 0.25) is 0 Å². The summed E-state index contributed by atoms with van der Waals surface area (Å²) in [7, 11) is 0. The van der Waals surface area contributed by atoms with E-state index in [-0.39, 0.29) is 0 Å². The van der Waals surface area contributed by atoms with E-state index in [9.17, 15) is 0 Å². The smallest absolute Gasteiger partial charge is 0.0305 e. The van der Waals surface area contributed by atoms with Gasteiger partial charge in [0.25, 0.3) is 0 Å². The Hall–Kier alpha value is -0.380. The summed E-state index contributed by atoms with van der Waals surface area (Å²) < 4.78 is 0. The number of thiophene rings is 1. The molecule has 0 bridgehead atoms. The number of hydrogen-bond acceptors (Lipinski definition) is 3. The molecule has 1 aliphatic rings. The van der Waals surface area contributed by atoms with Crippen molar-refractivity contribution in [1.82, 2.24) is 10.2 Å². The van der Waals surface area contributed by atoms with Crippen LogP contribution in [0, 0.1) is 5.92 Å². The fourth-order valence-corrected chi connectivity index (χ4v) is 3.97. The molecule has 1 N–H and O–H groups in total. The average Bonchev–Trinajstić information content (AvgIpc) is 2.92. The highest BCUT2D eigenvalue weighted by Gasteiger charge is 2.23. The van der Waals surface area contributed by atoms with E-state index in [1.165, 1.54) is 42.9 Å². The van der Waals surface area contributed by atoms with E-state index < -0.39 is 0 Å². The molecular formula is C16H28N2S. The van der Waals surface area contributed by atoms with Crippen molar-refractivity contribution in [2.45, 2.75) is 52.6 Å². The summed E-state index contributed by atoms with van der Waals surface area (Å²) in [6, 6.07) is 2.90. The quantitative estimate of drug-likeness (QED) is 0.857. The Morgan fingerprint density at radius 2 is 2.32 bits per heavy atom. The molecule has 1 aromatic rings. The number of likely N-dealkylation sites (tertiary alicyclic amines) is 1. The largest absolute Gasteiger partial charge is 0.309 e. The van der Waals surface area contributed by atoms with E-state index in [2.05, 4.69) is 42.4 Å². The minimum atomic E-state index is 0.626. The van der Waals surface area contributed by atoms with Gasteiger partial charge in [0, 0.05) is 24.0 Å². The molecule has 0 radical (unpaired) electrons. The highest BCUT2D eigenvalue weighted by atomic mass is 32.1. The van der Waals surface area contributed by atoms with Crippen molar-refractivity contribution in [2.24, 2.45) is 5.92 Å². The first-order valence-electron chi connectivity index (χ1n) is 7.75. The molecule has 108 valence electrons. The van der Waals surface area contributed by atoms with Gasteiger partial charge in [0.1, 0.15) is 0 Å². The summed E-state index contributed by atoms with van der Waals surface area (Å²) in [5.41, 5.74) is 1.52. The molecule has 1 aliphatic heterocycles. The van der Waals surface area contributed by atoms with Crippen LogP contribution in [0.2, 0.25) is 0 Å². The first kappa shape index (κ1) is 15.0. The van der Waals surface area contributed by atoms with Crippen LogP contribution < -0.4 is 5.32 Å². The normalized spacial score (nSPS) is 22.6. The number of piperidine rings is 1. The second kappa shape index (κ2) is 7.41. The van der Waals surface area contributed by atoms with Gasteiger partial charge < -0.3 is 10.2 Å². The van der Waals surface area contributed by atoms with Gasteiger partial charge in [-0.2, -0.15) is 0 Å². The van der Waals surface area contributed by atoms with Crippen molar-refractivity contribution in [3.8, 4) is 0 Å². The first-order valence-corrected chi connectivity index (χ1v) is 8.63. The fourth-order valence-electron chi connectivity index (χ4n) is 3.04. The lowest BCUT2D eigenvalue weighted by Crippen LogP contribution is -2.44. The summed E-state index contributed by atoms with van der Waals surface area (Å²) in [6.45, 7) is 11.7. The van der Waals surface area contributed by atoms with Gasteiger partial charge in [-0.15, -0.1) is 11.3 Å². The van der Waals surface area contributed by atoms with Crippen LogP contribution in [0.15, 0.2) is 11.4 Å². The maximum absolute atomic E-state index is 3.76. The fraction of sp³-hybridized carbons (Fsp3) is 0.750. The number of aryl methyl sites for hydroxylation is 1. The number of nitrogens with zero attached hydrogens (tertiary/aromatic N) is 1. The second-order valence-corrected chi connectivity index (χ2v) is 6.69. The minimum Gasteiger partial charge on any atom is -0.309 e. The molecule has 2 nitrogen and oxygen atoms in total. The zero-order chi connectivity index (χ0) is 13.7. The number of nitrogens with one attached hydrogen (secondary N) is 1. The molecule has 3 heteroatoms. The third-order valence-electron chi connectivity index (χ3n) is 4.50. The van der Waals surface area contributed by atoms with Crippen LogP contribution >= 0.6 is 11.3 Å².